The van der Waals surface area contributed by atoms with Crippen LogP contribution in [0.25, 0.3) is 0 Å². The Kier molecular flexibility index (Phi) is 20.6. The van der Waals surface area contributed by atoms with Gasteiger partial charge < -0.3 is 43.2 Å². The summed E-state index contributed by atoms with van der Waals surface area (Å²) in [5.41, 5.74) is 21.6. The van der Waals surface area contributed by atoms with Gasteiger partial charge in [-0.3, -0.25) is 9.59 Å². The van der Waals surface area contributed by atoms with Crippen LogP contribution in [-0.4, -0.2) is 81.3 Å². The molecule has 0 aliphatic heterocycles. The first-order valence-corrected chi connectivity index (χ1v) is 12.2. The van der Waals surface area contributed by atoms with E-state index in [4.69, 9.17) is 27.7 Å². The first kappa shape index (κ1) is 31.0. The number of unbranched alkanes of at least 4 members (excludes halogenated alkanes) is 6. The van der Waals surface area contributed by atoms with Crippen LogP contribution in [0.4, 0.5) is 4.79 Å². The second-order valence-electron chi connectivity index (χ2n) is 8.22. The molecule has 1 atom stereocenters. The SMILES string of the molecule is NCCCCCCCN(CC(=O)NC(CCCCN)COC(N)=O)C(=O)CNCCCCN. The van der Waals surface area contributed by atoms with Crippen molar-refractivity contribution in [1.29, 1.82) is 0 Å². The summed E-state index contributed by atoms with van der Waals surface area (Å²) in [6, 6.07) is -0.376. The van der Waals surface area contributed by atoms with Crippen LogP contribution in [0.1, 0.15) is 64.2 Å². The third-order valence-electron chi connectivity index (χ3n) is 5.20. The van der Waals surface area contributed by atoms with Gasteiger partial charge in [0.05, 0.1) is 19.1 Å². The molecule has 0 aromatic carbocycles. The van der Waals surface area contributed by atoms with Crippen molar-refractivity contribution in [2.75, 3.05) is 52.4 Å². The molecule has 0 heterocycles. The van der Waals surface area contributed by atoms with E-state index >= 15 is 0 Å². The van der Waals surface area contributed by atoms with Crippen LogP contribution >= 0.6 is 0 Å². The maximum Gasteiger partial charge on any atom is 0.404 e. The van der Waals surface area contributed by atoms with Gasteiger partial charge in [0.15, 0.2) is 0 Å². The summed E-state index contributed by atoms with van der Waals surface area (Å²) in [7, 11) is 0. The Labute approximate surface area is 198 Å². The normalized spacial score (nSPS) is 11.7. The fraction of sp³-hybridized carbons (Fsp3) is 0.864. The number of amides is 3. The Hall–Kier alpha value is -1.95. The van der Waals surface area contributed by atoms with E-state index in [1.165, 1.54) is 0 Å². The van der Waals surface area contributed by atoms with Gasteiger partial charge in [0.2, 0.25) is 11.8 Å². The number of hydrogen-bond donors (Lipinski definition) is 6. The lowest BCUT2D eigenvalue weighted by molar-refractivity contribution is -0.135. The van der Waals surface area contributed by atoms with Crippen molar-refractivity contribution in [1.82, 2.24) is 15.5 Å². The van der Waals surface area contributed by atoms with Crippen molar-refractivity contribution >= 4 is 17.9 Å². The molecule has 0 aromatic heterocycles. The molecule has 3 amide bonds. The molecular formula is C22H47N7O4. The average molecular weight is 474 g/mol. The van der Waals surface area contributed by atoms with E-state index in [1.54, 1.807) is 4.90 Å². The zero-order valence-electron chi connectivity index (χ0n) is 20.2. The molecule has 11 nitrogen and oxygen atoms in total. The van der Waals surface area contributed by atoms with E-state index in [9.17, 15) is 14.4 Å². The predicted molar refractivity (Wildman–Crippen MR) is 130 cm³/mol. The first-order chi connectivity index (χ1) is 15.9. The Morgan fingerprint density at radius 2 is 1.42 bits per heavy atom. The van der Waals surface area contributed by atoms with Gasteiger partial charge >= 0.3 is 6.09 Å². The smallest absolute Gasteiger partial charge is 0.404 e. The van der Waals surface area contributed by atoms with E-state index in [1.807, 2.05) is 0 Å². The zero-order valence-corrected chi connectivity index (χ0v) is 20.2. The van der Waals surface area contributed by atoms with Crippen molar-refractivity contribution in [3.8, 4) is 0 Å². The fourth-order valence-corrected chi connectivity index (χ4v) is 3.33. The third-order valence-corrected chi connectivity index (χ3v) is 5.20. The van der Waals surface area contributed by atoms with Crippen molar-refractivity contribution in [3.63, 3.8) is 0 Å². The number of carbonyl (C=O) groups is 3. The van der Waals surface area contributed by atoms with E-state index in [0.29, 0.717) is 39.1 Å². The average Bonchev–Trinajstić information content (AvgIpc) is 2.78. The Morgan fingerprint density at radius 1 is 0.818 bits per heavy atom. The van der Waals surface area contributed by atoms with Crippen molar-refractivity contribution in [2.45, 2.75) is 70.3 Å². The minimum Gasteiger partial charge on any atom is -0.448 e. The molecule has 0 spiro atoms. The standard InChI is InChI=1S/C22H47N7O4/c23-11-5-2-1-3-9-15-29(21(31)16-27-14-8-7-13-25)17-20(30)28-19(10-4-6-12-24)18-33-22(26)32/h19,27H,1-18,23-25H2,(H2,26,32)(H,28,30). The van der Waals surface area contributed by atoms with Gasteiger partial charge in [-0.25, -0.2) is 4.79 Å². The monoisotopic (exact) mass is 473 g/mol. The van der Waals surface area contributed by atoms with Crippen LogP contribution in [0, 0.1) is 0 Å². The molecule has 0 aromatic rings. The summed E-state index contributed by atoms with van der Waals surface area (Å²) in [4.78, 5) is 38.0. The summed E-state index contributed by atoms with van der Waals surface area (Å²) in [6.45, 7) is 3.19. The summed E-state index contributed by atoms with van der Waals surface area (Å²) in [5.74, 6) is -0.409. The summed E-state index contributed by atoms with van der Waals surface area (Å²) in [6.07, 6.45) is 8.00. The van der Waals surface area contributed by atoms with Gasteiger partial charge in [-0.2, -0.15) is 0 Å². The van der Waals surface area contributed by atoms with Crippen molar-refractivity contribution < 1.29 is 19.1 Å². The molecule has 10 N–H and O–H groups in total. The molecule has 11 heteroatoms. The van der Waals surface area contributed by atoms with Gasteiger partial charge in [0.1, 0.15) is 6.61 Å². The van der Waals surface area contributed by atoms with Crippen LogP contribution < -0.4 is 33.6 Å². The summed E-state index contributed by atoms with van der Waals surface area (Å²) >= 11 is 0. The maximum absolute atomic E-state index is 12.7. The van der Waals surface area contributed by atoms with Gasteiger partial charge in [-0.15, -0.1) is 0 Å². The molecule has 0 fully saturated rings. The molecular weight excluding hydrogens is 426 g/mol. The minimum atomic E-state index is -0.889. The number of nitrogens with two attached hydrogens (primary N) is 4. The molecule has 0 saturated heterocycles. The number of hydrogen-bond acceptors (Lipinski definition) is 8. The van der Waals surface area contributed by atoms with Crippen LogP contribution in [0.15, 0.2) is 0 Å². The number of nitrogens with zero attached hydrogens (tertiary/aromatic N) is 1. The molecule has 194 valence electrons. The van der Waals surface area contributed by atoms with E-state index < -0.39 is 6.09 Å². The Bertz CT molecular complexity index is 523. The number of carbonyl (C=O) groups excluding carboxylic acids is 3. The highest BCUT2D eigenvalue weighted by Crippen LogP contribution is 2.05. The van der Waals surface area contributed by atoms with Crippen molar-refractivity contribution in [2.24, 2.45) is 22.9 Å². The molecule has 1 unspecified atom stereocenters. The maximum atomic E-state index is 12.7. The second-order valence-corrected chi connectivity index (χ2v) is 8.22. The third kappa shape index (κ3) is 19.2. The van der Waals surface area contributed by atoms with Gasteiger partial charge in [0.25, 0.3) is 0 Å². The van der Waals surface area contributed by atoms with Gasteiger partial charge in [-0.05, 0) is 64.7 Å². The largest absolute Gasteiger partial charge is 0.448 e. The Morgan fingerprint density at radius 3 is 2.09 bits per heavy atom. The summed E-state index contributed by atoms with van der Waals surface area (Å²) < 4.78 is 4.87. The highest BCUT2D eigenvalue weighted by atomic mass is 16.5. The Balaban J connectivity index is 4.76. The molecule has 0 saturated carbocycles. The molecule has 33 heavy (non-hydrogen) atoms. The predicted octanol–water partition coefficient (Wildman–Crippen LogP) is -0.238. The molecule has 0 aliphatic carbocycles. The second kappa shape index (κ2) is 21.9. The number of rotatable bonds is 22. The lowest BCUT2D eigenvalue weighted by Gasteiger charge is -2.25. The molecule has 0 bridgehead atoms. The number of ether oxygens (including phenoxy) is 1. The highest BCUT2D eigenvalue weighted by Gasteiger charge is 2.20. The number of nitrogens with one attached hydrogen (secondary N) is 2. The van der Waals surface area contributed by atoms with E-state index in [-0.39, 0.29) is 37.6 Å². The topological polar surface area (TPSA) is 192 Å². The number of primary amides is 1. The fourth-order valence-electron chi connectivity index (χ4n) is 3.33. The summed E-state index contributed by atoms with van der Waals surface area (Å²) in [5, 5.41) is 5.99. The quantitative estimate of drug-likeness (QED) is 0.116. The molecule has 0 aliphatic rings. The van der Waals surface area contributed by atoms with Crippen LogP contribution in [0.3, 0.4) is 0 Å². The van der Waals surface area contributed by atoms with Crippen molar-refractivity contribution in [3.05, 3.63) is 0 Å². The van der Waals surface area contributed by atoms with Crippen LogP contribution in [0.5, 0.6) is 0 Å². The lowest BCUT2D eigenvalue weighted by atomic mass is 10.1. The van der Waals surface area contributed by atoms with E-state index in [0.717, 1.165) is 57.8 Å². The highest BCUT2D eigenvalue weighted by molar-refractivity contribution is 5.85. The minimum absolute atomic E-state index is 0.0105. The molecule has 0 rings (SSSR count). The first-order valence-electron chi connectivity index (χ1n) is 12.2. The van der Waals surface area contributed by atoms with Gasteiger partial charge in [0, 0.05) is 6.54 Å². The van der Waals surface area contributed by atoms with Crippen LogP contribution in [-0.2, 0) is 14.3 Å². The molecule has 0 radical (unpaired) electrons. The van der Waals surface area contributed by atoms with Crippen LogP contribution in [0.2, 0.25) is 0 Å². The zero-order chi connectivity index (χ0) is 24.7. The lowest BCUT2D eigenvalue weighted by Crippen LogP contribution is -2.48. The van der Waals surface area contributed by atoms with E-state index in [2.05, 4.69) is 10.6 Å². The van der Waals surface area contributed by atoms with Gasteiger partial charge in [-0.1, -0.05) is 25.7 Å².